The molecule has 0 unspecified atom stereocenters. The molecule has 24 heavy (non-hydrogen) atoms. The zero-order chi connectivity index (χ0) is 17.8. The molecule has 0 atom stereocenters. The van der Waals surface area contributed by atoms with Crippen LogP contribution in [0.1, 0.15) is 39.2 Å². The normalized spacial score (nSPS) is 29.2. The molecule has 0 radical (unpaired) electrons. The van der Waals surface area contributed by atoms with Gasteiger partial charge in [0.15, 0.2) is 0 Å². The number of fused-ring (bicyclic) bond motifs is 2. The van der Waals surface area contributed by atoms with Crippen molar-refractivity contribution in [1.82, 2.24) is 4.90 Å². The first kappa shape index (κ1) is 17.5. The fraction of sp³-hybridized carbons (Fsp3) is 0.611. The molecule has 3 fully saturated rings. The summed E-state index contributed by atoms with van der Waals surface area (Å²) in [5.41, 5.74) is -0.413. The summed E-state index contributed by atoms with van der Waals surface area (Å²) in [4.78, 5) is 14.1. The number of halogens is 2. The molecule has 1 aromatic rings. The van der Waals surface area contributed by atoms with Crippen molar-refractivity contribution in [3.05, 3.63) is 34.6 Å². The van der Waals surface area contributed by atoms with Gasteiger partial charge in [-0.2, -0.15) is 0 Å². The molecule has 3 aliphatic rings. The molecule has 1 aliphatic carbocycles. The van der Waals surface area contributed by atoms with Crippen molar-refractivity contribution in [3.8, 4) is 0 Å². The summed E-state index contributed by atoms with van der Waals surface area (Å²) in [5, 5.41) is 10.2. The summed E-state index contributed by atoms with van der Waals surface area (Å²) in [6, 6.07) is 4.38. The molecule has 4 nitrogen and oxygen atoms in total. The minimum atomic E-state index is -0.578. The van der Waals surface area contributed by atoms with Gasteiger partial charge in [0.25, 0.3) is 0 Å². The fourth-order valence-electron chi connectivity index (χ4n) is 4.25. The van der Waals surface area contributed by atoms with Gasteiger partial charge in [0.2, 0.25) is 0 Å². The van der Waals surface area contributed by atoms with Crippen molar-refractivity contribution in [2.24, 2.45) is 5.41 Å². The van der Waals surface area contributed by atoms with Crippen LogP contribution in [0.5, 0.6) is 0 Å². The highest BCUT2D eigenvalue weighted by molar-refractivity contribution is 6.31. The van der Waals surface area contributed by atoms with E-state index in [0.29, 0.717) is 18.1 Å². The summed E-state index contributed by atoms with van der Waals surface area (Å²) in [6.07, 6.45) is 1.09. The molecule has 2 saturated heterocycles. The van der Waals surface area contributed by atoms with E-state index in [9.17, 15) is 14.3 Å². The number of carbonyl (C=O) groups is 1. The number of hydrogen-bond acceptors (Lipinski definition) is 3. The average molecular weight is 356 g/mol. The molecule has 6 heteroatoms. The van der Waals surface area contributed by atoms with Crippen LogP contribution in [0.25, 0.3) is 0 Å². The molecular formula is C18H23ClFNO3. The van der Waals surface area contributed by atoms with E-state index in [1.54, 1.807) is 11.0 Å². The van der Waals surface area contributed by atoms with Crippen molar-refractivity contribution in [1.29, 1.82) is 0 Å². The van der Waals surface area contributed by atoms with E-state index < -0.39 is 5.60 Å². The second-order valence-corrected chi connectivity index (χ2v) is 8.66. The average Bonchev–Trinajstić information content (AvgIpc) is 2.44. The molecule has 4 rings (SSSR count). The van der Waals surface area contributed by atoms with Crippen molar-refractivity contribution in [2.45, 2.75) is 44.6 Å². The maximum Gasteiger partial charge on any atom is 0.410 e. The van der Waals surface area contributed by atoms with Crippen LogP contribution in [0.2, 0.25) is 5.02 Å². The van der Waals surface area contributed by atoms with Crippen LogP contribution in [0.3, 0.4) is 0 Å². The second-order valence-electron chi connectivity index (χ2n) is 8.25. The summed E-state index contributed by atoms with van der Waals surface area (Å²) >= 11 is 6.26. The standard InChI is InChI=1S/C18H23ClFNO3/c1-16(2,3)24-15(23)21-9-17(11-22)7-18(8-17,10-21)13-5-4-12(20)6-14(13)19/h4-6,22H,7-11H2,1-3H3. The van der Waals surface area contributed by atoms with Gasteiger partial charge < -0.3 is 14.7 Å². The van der Waals surface area contributed by atoms with Crippen LogP contribution < -0.4 is 0 Å². The lowest BCUT2D eigenvalue weighted by Gasteiger charge is -2.63. The fourth-order valence-corrected chi connectivity index (χ4v) is 4.61. The van der Waals surface area contributed by atoms with Crippen LogP contribution in [0.15, 0.2) is 18.2 Å². The number of amides is 1. The Labute approximate surface area is 146 Å². The van der Waals surface area contributed by atoms with Gasteiger partial charge in [-0.3, -0.25) is 0 Å². The van der Waals surface area contributed by atoms with E-state index in [4.69, 9.17) is 16.3 Å². The second kappa shape index (κ2) is 5.60. The minimum Gasteiger partial charge on any atom is -0.444 e. The highest BCUT2D eigenvalue weighted by atomic mass is 35.5. The summed E-state index contributed by atoms with van der Waals surface area (Å²) in [5.74, 6) is -0.382. The molecule has 1 saturated carbocycles. The van der Waals surface area contributed by atoms with E-state index in [1.165, 1.54) is 12.1 Å². The first-order chi connectivity index (χ1) is 11.1. The van der Waals surface area contributed by atoms with Gasteiger partial charge in [-0.15, -0.1) is 0 Å². The number of hydrogen-bond donors (Lipinski definition) is 1. The van der Waals surface area contributed by atoms with Gasteiger partial charge in [-0.1, -0.05) is 17.7 Å². The molecular weight excluding hydrogens is 333 g/mol. The third kappa shape index (κ3) is 3.00. The molecule has 132 valence electrons. The maximum atomic E-state index is 13.4. The van der Waals surface area contributed by atoms with E-state index in [2.05, 4.69) is 0 Å². The van der Waals surface area contributed by atoms with Crippen LogP contribution >= 0.6 is 11.6 Å². The molecule has 1 aromatic carbocycles. The monoisotopic (exact) mass is 355 g/mol. The van der Waals surface area contributed by atoms with Gasteiger partial charge in [0.05, 0.1) is 6.61 Å². The van der Waals surface area contributed by atoms with Gasteiger partial charge in [-0.25, -0.2) is 9.18 Å². The van der Waals surface area contributed by atoms with Crippen LogP contribution in [0, 0.1) is 11.2 Å². The van der Waals surface area contributed by atoms with E-state index >= 15 is 0 Å². The Morgan fingerprint density at radius 3 is 2.58 bits per heavy atom. The van der Waals surface area contributed by atoms with E-state index in [0.717, 1.165) is 18.4 Å². The lowest BCUT2D eigenvalue weighted by Crippen LogP contribution is -2.67. The minimum absolute atomic E-state index is 0.00681. The Morgan fingerprint density at radius 2 is 2.04 bits per heavy atom. The number of benzene rings is 1. The molecule has 1 N–H and O–H groups in total. The molecule has 1 amide bonds. The predicted molar refractivity (Wildman–Crippen MR) is 89.6 cm³/mol. The smallest absolute Gasteiger partial charge is 0.410 e. The molecule has 0 aromatic heterocycles. The van der Waals surface area contributed by atoms with Gasteiger partial charge >= 0.3 is 6.09 Å². The lowest BCUT2D eigenvalue weighted by molar-refractivity contribution is -0.112. The first-order valence-electron chi connectivity index (χ1n) is 8.13. The molecule has 2 heterocycles. The van der Waals surface area contributed by atoms with E-state index in [1.807, 2.05) is 20.8 Å². The van der Waals surface area contributed by atoms with E-state index in [-0.39, 0.29) is 29.3 Å². The number of piperidine rings is 2. The number of aliphatic hydroxyl groups is 1. The van der Waals surface area contributed by atoms with Crippen molar-refractivity contribution < 1.29 is 19.0 Å². The molecule has 2 aliphatic heterocycles. The zero-order valence-electron chi connectivity index (χ0n) is 14.2. The van der Waals surface area contributed by atoms with Crippen molar-refractivity contribution in [3.63, 3.8) is 0 Å². The number of nitrogens with zero attached hydrogens (tertiary/aromatic N) is 1. The first-order valence-corrected chi connectivity index (χ1v) is 8.50. The summed E-state index contributed by atoms with van der Waals surface area (Å²) < 4.78 is 18.9. The van der Waals surface area contributed by atoms with Gasteiger partial charge in [-0.05, 0) is 51.3 Å². The zero-order valence-corrected chi connectivity index (χ0v) is 15.0. The maximum absolute atomic E-state index is 13.4. The Morgan fingerprint density at radius 1 is 1.38 bits per heavy atom. The Kier molecular flexibility index (Phi) is 4.08. The molecule has 0 spiro atoms. The number of carbonyl (C=O) groups excluding carboxylic acids is 1. The third-order valence-electron chi connectivity index (χ3n) is 4.94. The Hall–Kier alpha value is -1.33. The van der Waals surface area contributed by atoms with Gasteiger partial charge in [0.1, 0.15) is 11.4 Å². The van der Waals surface area contributed by atoms with Crippen LogP contribution in [-0.2, 0) is 10.2 Å². The van der Waals surface area contributed by atoms with Gasteiger partial charge in [0, 0.05) is 28.9 Å². The quantitative estimate of drug-likeness (QED) is 0.879. The predicted octanol–water partition coefficient (Wildman–Crippen LogP) is 3.74. The molecule has 2 bridgehead atoms. The number of aliphatic hydroxyl groups excluding tert-OH is 1. The Bertz CT molecular complexity index is 665. The summed E-state index contributed by atoms with van der Waals surface area (Å²) in [6.45, 7) is 6.42. The highest BCUT2D eigenvalue weighted by Crippen LogP contribution is 2.60. The van der Waals surface area contributed by atoms with Crippen LogP contribution in [0.4, 0.5) is 9.18 Å². The third-order valence-corrected chi connectivity index (χ3v) is 5.25. The summed E-state index contributed by atoms with van der Waals surface area (Å²) in [7, 11) is 0. The highest BCUT2D eigenvalue weighted by Gasteiger charge is 2.61. The largest absolute Gasteiger partial charge is 0.444 e. The lowest BCUT2D eigenvalue weighted by atomic mass is 9.48. The van der Waals surface area contributed by atoms with Crippen molar-refractivity contribution in [2.75, 3.05) is 19.7 Å². The Balaban J connectivity index is 1.89. The number of rotatable bonds is 2. The van der Waals surface area contributed by atoms with Crippen molar-refractivity contribution >= 4 is 17.7 Å². The SMILES string of the molecule is CC(C)(C)OC(=O)N1CC2(CO)CC(c3ccc(F)cc3Cl)(C1)C2. The topological polar surface area (TPSA) is 49.8 Å². The van der Waals surface area contributed by atoms with Crippen LogP contribution in [-0.4, -0.2) is 41.4 Å². The number of ether oxygens (including phenoxy) is 1.